The minimum atomic E-state index is -1.08. The van der Waals surface area contributed by atoms with Crippen LogP contribution in [0.4, 0.5) is 0 Å². The average Bonchev–Trinajstić information content (AvgIpc) is 2.16. The van der Waals surface area contributed by atoms with Gasteiger partial charge in [-0.25, -0.2) is 4.79 Å². The SMILES string of the molecule is CCc1c(C(=O)O)ccc(O)c1C#N. The summed E-state index contributed by atoms with van der Waals surface area (Å²) in [5.74, 6) is -1.26. The van der Waals surface area contributed by atoms with Gasteiger partial charge in [-0.2, -0.15) is 5.26 Å². The first-order valence-electron chi connectivity index (χ1n) is 4.10. The van der Waals surface area contributed by atoms with E-state index in [1.807, 2.05) is 0 Å². The lowest BCUT2D eigenvalue weighted by molar-refractivity contribution is 0.0695. The highest BCUT2D eigenvalue weighted by molar-refractivity contribution is 5.90. The predicted octanol–water partition coefficient (Wildman–Crippen LogP) is 1.52. The number of hydrogen-bond acceptors (Lipinski definition) is 3. The lowest BCUT2D eigenvalue weighted by atomic mass is 9.99. The molecule has 0 aliphatic rings. The van der Waals surface area contributed by atoms with Gasteiger partial charge in [-0.1, -0.05) is 6.92 Å². The van der Waals surface area contributed by atoms with E-state index in [-0.39, 0.29) is 16.9 Å². The van der Waals surface area contributed by atoms with Crippen LogP contribution in [-0.4, -0.2) is 16.2 Å². The number of carboxylic acids is 1. The van der Waals surface area contributed by atoms with Crippen molar-refractivity contribution < 1.29 is 15.0 Å². The monoisotopic (exact) mass is 191 g/mol. The number of phenols is 1. The zero-order chi connectivity index (χ0) is 10.7. The van der Waals surface area contributed by atoms with Gasteiger partial charge in [-0.3, -0.25) is 0 Å². The molecule has 0 spiro atoms. The number of carboxylic acid groups (broad SMARTS) is 1. The molecular formula is C10H9NO3. The summed E-state index contributed by atoms with van der Waals surface area (Å²) in [6, 6.07) is 4.32. The summed E-state index contributed by atoms with van der Waals surface area (Å²) in [6.07, 6.45) is 0.402. The van der Waals surface area contributed by atoms with Crippen LogP contribution in [0.25, 0.3) is 0 Å². The Kier molecular flexibility index (Phi) is 2.73. The highest BCUT2D eigenvalue weighted by Gasteiger charge is 2.15. The normalized spacial score (nSPS) is 9.43. The van der Waals surface area contributed by atoms with Crippen molar-refractivity contribution >= 4 is 5.97 Å². The quantitative estimate of drug-likeness (QED) is 0.742. The predicted molar refractivity (Wildman–Crippen MR) is 49.2 cm³/mol. The van der Waals surface area contributed by atoms with Crippen molar-refractivity contribution in [2.75, 3.05) is 0 Å². The molecule has 14 heavy (non-hydrogen) atoms. The van der Waals surface area contributed by atoms with Gasteiger partial charge in [0.15, 0.2) is 0 Å². The number of carbonyl (C=O) groups is 1. The van der Waals surface area contributed by atoms with Gasteiger partial charge >= 0.3 is 5.97 Å². The summed E-state index contributed by atoms with van der Waals surface area (Å²) in [5, 5.41) is 26.9. The van der Waals surface area contributed by atoms with Crippen LogP contribution in [-0.2, 0) is 6.42 Å². The van der Waals surface area contributed by atoms with Crippen molar-refractivity contribution in [2.45, 2.75) is 13.3 Å². The Morgan fingerprint density at radius 2 is 2.21 bits per heavy atom. The van der Waals surface area contributed by atoms with E-state index in [0.717, 1.165) is 0 Å². The first-order valence-corrected chi connectivity index (χ1v) is 4.10. The van der Waals surface area contributed by atoms with Crippen molar-refractivity contribution in [1.82, 2.24) is 0 Å². The second-order valence-corrected chi connectivity index (χ2v) is 2.76. The van der Waals surface area contributed by atoms with Crippen LogP contribution in [0.15, 0.2) is 12.1 Å². The van der Waals surface area contributed by atoms with Crippen molar-refractivity contribution in [3.8, 4) is 11.8 Å². The van der Waals surface area contributed by atoms with Crippen molar-refractivity contribution in [2.24, 2.45) is 0 Å². The smallest absolute Gasteiger partial charge is 0.336 e. The van der Waals surface area contributed by atoms with Crippen molar-refractivity contribution in [3.63, 3.8) is 0 Å². The summed E-state index contributed by atoms with van der Waals surface area (Å²) in [6.45, 7) is 1.74. The van der Waals surface area contributed by atoms with Crippen LogP contribution in [0.5, 0.6) is 5.75 Å². The van der Waals surface area contributed by atoms with Crippen LogP contribution in [0, 0.1) is 11.3 Å². The summed E-state index contributed by atoms with van der Waals surface area (Å²) in [5.41, 5.74) is 0.495. The molecule has 1 aromatic carbocycles. The van der Waals surface area contributed by atoms with E-state index in [0.29, 0.717) is 12.0 Å². The van der Waals surface area contributed by atoms with Gasteiger partial charge in [-0.15, -0.1) is 0 Å². The minimum absolute atomic E-state index is 0.0485. The Labute approximate surface area is 81.0 Å². The number of hydrogen-bond donors (Lipinski definition) is 2. The summed E-state index contributed by atoms with van der Waals surface area (Å²) >= 11 is 0. The molecule has 0 saturated heterocycles. The fourth-order valence-corrected chi connectivity index (χ4v) is 1.33. The van der Waals surface area contributed by atoms with E-state index < -0.39 is 5.97 Å². The molecule has 0 heterocycles. The number of nitriles is 1. The lowest BCUT2D eigenvalue weighted by Gasteiger charge is -2.06. The number of benzene rings is 1. The Morgan fingerprint density at radius 1 is 1.57 bits per heavy atom. The fourth-order valence-electron chi connectivity index (χ4n) is 1.33. The van der Waals surface area contributed by atoms with Crippen molar-refractivity contribution in [1.29, 1.82) is 5.26 Å². The van der Waals surface area contributed by atoms with E-state index in [1.54, 1.807) is 13.0 Å². The second-order valence-electron chi connectivity index (χ2n) is 2.76. The minimum Gasteiger partial charge on any atom is -0.507 e. The molecule has 0 bridgehead atoms. The lowest BCUT2D eigenvalue weighted by Crippen LogP contribution is -2.03. The zero-order valence-electron chi connectivity index (χ0n) is 7.61. The third kappa shape index (κ3) is 1.52. The highest BCUT2D eigenvalue weighted by Crippen LogP contribution is 2.24. The zero-order valence-corrected chi connectivity index (χ0v) is 7.61. The molecule has 0 aliphatic carbocycles. The van der Waals surface area contributed by atoms with Gasteiger partial charge in [0.1, 0.15) is 11.8 Å². The van der Waals surface area contributed by atoms with Gasteiger partial charge in [0.2, 0.25) is 0 Å². The number of aromatic hydroxyl groups is 1. The molecule has 1 rings (SSSR count). The molecule has 0 unspecified atom stereocenters. The molecule has 0 fully saturated rings. The third-order valence-corrected chi connectivity index (χ3v) is 1.99. The summed E-state index contributed by atoms with van der Waals surface area (Å²) in [4.78, 5) is 10.8. The summed E-state index contributed by atoms with van der Waals surface area (Å²) < 4.78 is 0. The first kappa shape index (κ1) is 10.1. The molecular weight excluding hydrogens is 182 g/mol. The molecule has 4 heteroatoms. The fraction of sp³-hybridized carbons (Fsp3) is 0.200. The first-order chi connectivity index (χ1) is 6.61. The molecule has 1 aromatic rings. The molecule has 0 atom stereocenters. The number of nitrogens with zero attached hydrogens (tertiary/aromatic N) is 1. The van der Waals surface area contributed by atoms with Gasteiger partial charge in [0.05, 0.1) is 11.1 Å². The van der Waals surface area contributed by atoms with Crippen molar-refractivity contribution in [3.05, 3.63) is 28.8 Å². The number of phenolic OH excluding ortho intramolecular Hbond substituents is 1. The molecule has 72 valence electrons. The Balaban J connectivity index is 3.50. The third-order valence-electron chi connectivity index (χ3n) is 1.99. The Hall–Kier alpha value is -2.02. The van der Waals surface area contributed by atoms with Crippen LogP contribution in [0.3, 0.4) is 0 Å². The van der Waals surface area contributed by atoms with E-state index in [9.17, 15) is 9.90 Å². The largest absolute Gasteiger partial charge is 0.507 e. The highest BCUT2D eigenvalue weighted by atomic mass is 16.4. The topological polar surface area (TPSA) is 81.3 Å². The average molecular weight is 191 g/mol. The van der Waals surface area contributed by atoms with Crippen LogP contribution in [0.1, 0.15) is 28.4 Å². The summed E-state index contributed by atoms with van der Waals surface area (Å²) in [7, 11) is 0. The molecule has 0 radical (unpaired) electrons. The molecule has 2 N–H and O–H groups in total. The molecule has 0 aliphatic heterocycles. The van der Waals surface area contributed by atoms with Crippen LogP contribution in [0.2, 0.25) is 0 Å². The van der Waals surface area contributed by atoms with Gasteiger partial charge < -0.3 is 10.2 Å². The molecule has 0 aromatic heterocycles. The maximum atomic E-state index is 10.8. The van der Waals surface area contributed by atoms with E-state index in [2.05, 4.69) is 0 Å². The maximum Gasteiger partial charge on any atom is 0.336 e. The molecule has 0 saturated carbocycles. The van der Waals surface area contributed by atoms with Crippen LogP contribution < -0.4 is 0 Å². The maximum absolute atomic E-state index is 10.8. The standard InChI is InChI=1S/C10H9NO3/c1-2-6-7(10(13)14)3-4-9(12)8(6)5-11/h3-4,12H,2H2,1H3,(H,13,14). The number of aromatic carboxylic acids is 1. The Morgan fingerprint density at radius 3 is 2.64 bits per heavy atom. The number of rotatable bonds is 2. The Bertz CT molecular complexity index is 418. The van der Waals surface area contributed by atoms with E-state index in [4.69, 9.17) is 10.4 Å². The molecule has 0 amide bonds. The van der Waals surface area contributed by atoms with E-state index in [1.165, 1.54) is 12.1 Å². The second kappa shape index (κ2) is 3.79. The van der Waals surface area contributed by atoms with E-state index >= 15 is 0 Å². The molecule has 4 nitrogen and oxygen atoms in total. The van der Waals surface area contributed by atoms with Gasteiger partial charge in [0.25, 0.3) is 0 Å². The van der Waals surface area contributed by atoms with Gasteiger partial charge in [-0.05, 0) is 24.1 Å². The van der Waals surface area contributed by atoms with Gasteiger partial charge in [0, 0.05) is 0 Å². The van der Waals surface area contributed by atoms with Crippen LogP contribution >= 0.6 is 0 Å².